The molecule has 1 nitrogen and oxygen atoms in total. The Morgan fingerprint density at radius 3 is 2.82 bits per heavy atom. The third-order valence-electron chi connectivity index (χ3n) is 2.43. The van der Waals surface area contributed by atoms with Crippen molar-refractivity contribution in [1.82, 2.24) is 0 Å². The van der Waals surface area contributed by atoms with Crippen molar-refractivity contribution >= 4 is 5.78 Å². The molecule has 2 atom stereocenters. The van der Waals surface area contributed by atoms with Gasteiger partial charge < -0.3 is 0 Å². The lowest BCUT2D eigenvalue weighted by Crippen LogP contribution is -2.09. The molecule has 0 aromatic heterocycles. The number of hydrogen-bond acceptors (Lipinski definition) is 1. The molecule has 1 aliphatic carbocycles. The summed E-state index contributed by atoms with van der Waals surface area (Å²) in [6, 6.07) is 0. The molecule has 0 spiro atoms. The van der Waals surface area contributed by atoms with E-state index >= 15 is 0 Å². The van der Waals surface area contributed by atoms with Crippen molar-refractivity contribution in [1.29, 1.82) is 0 Å². The Kier molecular flexibility index (Phi) is 2.70. The van der Waals surface area contributed by atoms with Crippen LogP contribution in [-0.2, 0) is 4.79 Å². The van der Waals surface area contributed by atoms with Crippen LogP contribution >= 0.6 is 0 Å². The first-order valence-corrected chi connectivity index (χ1v) is 4.20. The van der Waals surface area contributed by atoms with Crippen LogP contribution in [0.15, 0.2) is 0 Å². The summed E-state index contributed by atoms with van der Waals surface area (Å²) < 4.78 is 0. The lowest BCUT2D eigenvalue weighted by atomic mass is 9.99. The zero-order valence-electron chi connectivity index (χ0n) is 6.97. The van der Waals surface area contributed by atoms with Gasteiger partial charge in [-0.15, -0.1) is 6.42 Å². The Morgan fingerprint density at radius 1 is 1.64 bits per heavy atom. The second-order valence-corrected chi connectivity index (χ2v) is 3.46. The number of terminal acetylenes is 1. The minimum atomic E-state index is 0.275. The lowest BCUT2D eigenvalue weighted by molar-refractivity contribution is -0.121. The van der Waals surface area contributed by atoms with Gasteiger partial charge in [0, 0.05) is 5.92 Å². The first-order chi connectivity index (χ1) is 5.24. The molecular weight excluding hydrogens is 136 g/mol. The smallest absolute Gasteiger partial charge is 0.147 e. The molecule has 0 aromatic carbocycles. The Labute approximate surface area is 68.2 Å². The van der Waals surface area contributed by atoms with E-state index < -0.39 is 0 Å². The van der Waals surface area contributed by atoms with E-state index in [0.29, 0.717) is 6.42 Å². The van der Waals surface area contributed by atoms with Crippen molar-refractivity contribution in [2.45, 2.75) is 32.6 Å². The number of carbonyl (C=O) groups excluding carboxylic acids is 1. The molecule has 1 rings (SSSR count). The van der Waals surface area contributed by atoms with E-state index in [1.54, 1.807) is 0 Å². The van der Waals surface area contributed by atoms with Crippen LogP contribution in [0.1, 0.15) is 32.6 Å². The van der Waals surface area contributed by atoms with Gasteiger partial charge in [0.25, 0.3) is 0 Å². The van der Waals surface area contributed by atoms with E-state index in [1.165, 1.54) is 6.42 Å². The minimum Gasteiger partial charge on any atom is -0.298 e. The van der Waals surface area contributed by atoms with E-state index in [2.05, 4.69) is 12.8 Å². The molecule has 0 heterocycles. The predicted molar refractivity (Wildman–Crippen MR) is 45.0 cm³/mol. The van der Waals surface area contributed by atoms with Gasteiger partial charge in [0.05, 0.1) is 6.42 Å². The van der Waals surface area contributed by atoms with E-state index in [-0.39, 0.29) is 11.7 Å². The first-order valence-electron chi connectivity index (χ1n) is 4.20. The van der Waals surface area contributed by atoms with Crippen LogP contribution in [0.5, 0.6) is 0 Å². The summed E-state index contributed by atoms with van der Waals surface area (Å²) in [7, 11) is 0. The summed E-state index contributed by atoms with van der Waals surface area (Å²) >= 11 is 0. The van der Waals surface area contributed by atoms with Gasteiger partial charge in [-0.2, -0.15) is 0 Å². The van der Waals surface area contributed by atoms with E-state index in [4.69, 9.17) is 6.42 Å². The fourth-order valence-electron chi connectivity index (χ4n) is 1.74. The number of Topliss-reactive ketones (excluding diaryl/α,β-unsaturated/α-hetero) is 1. The average Bonchev–Trinajstić information content (AvgIpc) is 2.36. The molecule has 0 aliphatic heterocycles. The van der Waals surface area contributed by atoms with Crippen LogP contribution in [0.2, 0.25) is 0 Å². The summed E-state index contributed by atoms with van der Waals surface area (Å²) in [5, 5.41) is 0. The summed E-state index contributed by atoms with van der Waals surface area (Å²) in [5.41, 5.74) is 0. The quantitative estimate of drug-likeness (QED) is 0.550. The second-order valence-electron chi connectivity index (χ2n) is 3.46. The maximum absolute atomic E-state index is 11.2. The molecule has 11 heavy (non-hydrogen) atoms. The minimum absolute atomic E-state index is 0.275. The summed E-state index contributed by atoms with van der Waals surface area (Å²) in [5.74, 6) is 3.69. The number of ketones is 1. The van der Waals surface area contributed by atoms with Gasteiger partial charge in [-0.05, 0) is 25.2 Å². The monoisotopic (exact) mass is 150 g/mol. The van der Waals surface area contributed by atoms with E-state index in [1.807, 2.05) is 0 Å². The number of carbonyl (C=O) groups is 1. The lowest BCUT2D eigenvalue weighted by Gasteiger charge is -2.04. The SMILES string of the molecule is C#CCC(=O)C1CCC(C)C1. The van der Waals surface area contributed by atoms with Gasteiger partial charge in [-0.25, -0.2) is 0 Å². The topological polar surface area (TPSA) is 17.1 Å². The van der Waals surface area contributed by atoms with Crippen LogP contribution in [0.25, 0.3) is 0 Å². The molecule has 60 valence electrons. The molecule has 0 aromatic rings. The molecule has 1 aliphatic rings. The summed E-state index contributed by atoms with van der Waals surface area (Å²) in [6.07, 6.45) is 8.70. The van der Waals surface area contributed by atoms with Crippen molar-refractivity contribution < 1.29 is 4.79 Å². The molecular formula is C10H14O. The van der Waals surface area contributed by atoms with Crippen LogP contribution in [0.4, 0.5) is 0 Å². The molecule has 1 fully saturated rings. The highest BCUT2D eigenvalue weighted by molar-refractivity contribution is 5.83. The van der Waals surface area contributed by atoms with E-state index in [0.717, 1.165) is 18.8 Å². The third kappa shape index (κ3) is 2.08. The van der Waals surface area contributed by atoms with E-state index in [9.17, 15) is 4.79 Å². The fourth-order valence-corrected chi connectivity index (χ4v) is 1.74. The summed E-state index contributed by atoms with van der Waals surface area (Å²) in [6.45, 7) is 2.20. The molecule has 1 saturated carbocycles. The van der Waals surface area contributed by atoms with Gasteiger partial charge in [0.1, 0.15) is 5.78 Å². The van der Waals surface area contributed by atoms with Crippen LogP contribution < -0.4 is 0 Å². The molecule has 2 unspecified atom stereocenters. The molecule has 0 bridgehead atoms. The third-order valence-corrected chi connectivity index (χ3v) is 2.43. The van der Waals surface area contributed by atoms with Crippen molar-refractivity contribution in [2.24, 2.45) is 11.8 Å². The highest BCUT2D eigenvalue weighted by atomic mass is 16.1. The van der Waals surface area contributed by atoms with Gasteiger partial charge in [0.15, 0.2) is 0 Å². The van der Waals surface area contributed by atoms with Gasteiger partial charge in [-0.1, -0.05) is 12.8 Å². The largest absolute Gasteiger partial charge is 0.298 e. The van der Waals surface area contributed by atoms with Crippen LogP contribution in [0, 0.1) is 24.2 Å². The van der Waals surface area contributed by atoms with Crippen molar-refractivity contribution in [3.63, 3.8) is 0 Å². The highest BCUT2D eigenvalue weighted by Crippen LogP contribution is 2.31. The van der Waals surface area contributed by atoms with Gasteiger partial charge in [-0.3, -0.25) is 4.79 Å². The normalized spacial score (nSPS) is 29.8. The zero-order valence-corrected chi connectivity index (χ0v) is 6.97. The number of rotatable bonds is 2. The Hall–Kier alpha value is -0.770. The van der Waals surface area contributed by atoms with Crippen LogP contribution in [0.3, 0.4) is 0 Å². The highest BCUT2D eigenvalue weighted by Gasteiger charge is 2.26. The Bertz CT molecular complexity index is 188. The summed E-state index contributed by atoms with van der Waals surface area (Å²) in [4.78, 5) is 11.2. The standard InChI is InChI=1S/C10H14O/c1-3-4-10(11)9-6-5-8(2)7-9/h1,8-9H,4-7H2,2H3. The molecule has 1 heteroatoms. The van der Waals surface area contributed by atoms with Gasteiger partial charge in [0.2, 0.25) is 0 Å². The number of hydrogen-bond donors (Lipinski definition) is 0. The zero-order chi connectivity index (χ0) is 8.27. The van der Waals surface area contributed by atoms with Crippen molar-refractivity contribution in [3.8, 4) is 12.3 Å². The fraction of sp³-hybridized carbons (Fsp3) is 0.700. The Balaban J connectivity index is 2.38. The molecule has 0 N–H and O–H groups in total. The maximum atomic E-state index is 11.2. The molecule has 0 amide bonds. The van der Waals surface area contributed by atoms with Crippen LogP contribution in [-0.4, -0.2) is 5.78 Å². The molecule has 0 radical (unpaired) electrons. The maximum Gasteiger partial charge on any atom is 0.147 e. The average molecular weight is 150 g/mol. The molecule has 0 saturated heterocycles. The van der Waals surface area contributed by atoms with Crippen molar-refractivity contribution in [2.75, 3.05) is 0 Å². The van der Waals surface area contributed by atoms with Gasteiger partial charge >= 0.3 is 0 Å². The van der Waals surface area contributed by atoms with Crippen molar-refractivity contribution in [3.05, 3.63) is 0 Å². The first kappa shape index (κ1) is 8.33. The predicted octanol–water partition coefficient (Wildman–Crippen LogP) is 2.02. The Morgan fingerprint density at radius 2 is 2.36 bits per heavy atom. The second kappa shape index (κ2) is 3.57.